The number of thioether (sulfide) groups is 1. The van der Waals surface area contributed by atoms with E-state index in [9.17, 15) is 4.79 Å². The van der Waals surface area contributed by atoms with E-state index in [2.05, 4.69) is 40.4 Å². The molecule has 0 unspecified atom stereocenters. The standard InChI is InChI=1S/C20H31N5O2S/c1-14(2)6-7-25-15(3)12-17(16(25)4)18(26)13-28-20-22-21-19(23(20)5)24-8-10-27-11-9-24/h12,14H,6-11,13H2,1-5H3. The van der Waals surface area contributed by atoms with Gasteiger partial charge in [-0.1, -0.05) is 25.6 Å². The third-order valence-corrected chi connectivity index (χ3v) is 6.26. The molecule has 0 bridgehead atoms. The summed E-state index contributed by atoms with van der Waals surface area (Å²) < 4.78 is 9.63. The summed E-state index contributed by atoms with van der Waals surface area (Å²) in [6.07, 6.45) is 1.11. The van der Waals surface area contributed by atoms with Crippen molar-refractivity contribution in [3.8, 4) is 0 Å². The van der Waals surface area contributed by atoms with E-state index in [0.29, 0.717) is 24.9 Å². The number of ketones is 1. The zero-order valence-electron chi connectivity index (χ0n) is 17.6. The Labute approximate surface area is 171 Å². The molecule has 1 fully saturated rings. The number of aromatic nitrogens is 4. The number of hydrogen-bond donors (Lipinski definition) is 0. The third-order valence-electron chi connectivity index (χ3n) is 5.24. The van der Waals surface area contributed by atoms with Crippen molar-refractivity contribution in [2.24, 2.45) is 13.0 Å². The van der Waals surface area contributed by atoms with Gasteiger partial charge >= 0.3 is 0 Å². The van der Waals surface area contributed by atoms with E-state index in [1.165, 1.54) is 11.8 Å². The Bertz CT molecular complexity index is 821. The van der Waals surface area contributed by atoms with Crippen LogP contribution in [-0.4, -0.2) is 57.2 Å². The minimum Gasteiger partial charge on any atom is -0.378 e. The SMILES string of the molecule is Cc1cc(C(=O)CSc2nnc(N3CCOCC3)n2C)c(C)n1CCC(C)C. The number of rotatable bonds is 8. The van der Waals surface area contributed by atoms with Gasteiger partial charge in [0.25, 0.3) is 0 Å². The molecule has 0 aliphatic carbocycles. The van der Waals surface area contributed by atoms with Crippen LogP contribution in [0.15, 0.2) is 11.2 Å². The normalized spacial score (nSPS) is 14.9. The molecule has 0 radical (unpaired) electrons. The molecule has 2 aromatic heterocycles. The fourth-order valence-corrected chi connectivity index (χ4v) is 4.28. The molecule has 0 aromatic carbocycles. The van der Waals surface area contributed by atoms with Crippen molar-refractivity contribution in [3.05, 3.63) is 23.0 Å². The van der Waals surface area contributed by atoms with Crippen molar-refractivity contribution in [2.75, 3.05) is 37.0 Å². The van der Waals surface area contributed by atoms with E-state index in [0.717, 1.165) is 54.1 Å². The lowest BCUT2D eigenvalue weighted by Gasteiger charge is -2.27. The van der Waals surface area contributed by atoms with E-state index in [4.69, 9.17) is 4.74 Å². The zero-order chi connectivity index (χ0) is 20.3. The zero-order valence-corrected chi connectivity index (χ0v) is 18.4. The van der Waals surface area contributed by atoms with Gasteiger partial charge in [0.15, 0.2) is 10.9 Å². The van der Waals surface area contributed by atoms with Gasteiger partial charge in [0, 0.05) is 43.6 Å². The van der Waals surface area contributed by atoms with E-state index in [1.54, 1.807) is 0 Å². The van der Waals surface area contributed by atoms with Crippen LogP contribution >= 0.6 is 11.8 Å². The Balaban J connectivity index is 1.64. The first-order valence-electron chi connectivity index (χ1n) is 9.93. The Kier molecular flexibility index (Phi) is 6.82. The summed E-state index contributed by atoms with van der Waals surface area (Å²) in [4.78, 5) is 15.0. The molecule has 0 spiro atoms. The van der Waals surface area contributed by atoms with Crippen molar-refractivity contribution in [3.63, 3.8) is 0 Å². The number of anilines is 1. The van der Waals surface area contributed by atoms with Crippen LogP contribution in [0.4, 0.5) is 5.95 Å². The van der Waals surface area contributed by atoms with E-state index in [1.807, 2.05) is 24.6 Å². The highest BCUT2D eigenvalue weighted by molar-refractivity contribution is 7.99. The van der Waals surface area contributed by atoms with Gasteiger partial charge in [-0.25, -0.2) is 0 Å². The maximum absolute atomic E-state index is 12.8. The number of ether oxygens (including phenoxy) is 1. The third kappa shape index (κ3) is 4.60. The largest absolute Gasteiger partial charge is 0.378 e. The molecule has 1 saturated heterocycles. The number of morpholine rings is 1. The number of hydrogen-bond acceptors (Lipinski definition) is 6. The van der Waals surface area contributed by atoms with Gasteiger partial charge in [0.2, 0.25) is 5.95 Å². The van der Waals surface area contributed by atoms with Gasteiger partial charge in [-0.05, 0) is 32.3 Å². The first-order chi connectivity index (χ1) is 13.4. The fraction of sp³-hybridized carbons (Fsp3) is 0.650. The van der Waals surface area contributed by atoms with Crippen molar-refractivity contribution < 1.29 is 9.53 Å². The number of aryl methyl sites for hydroxylation is 1. The summed E-state index contributed by atoms with van der Waals surface area (Å²) in [6, 6.07) is 2.02. The average Bonchev–Trinajstić information content (AvgIpc) is 3.18. The Morgan fingerprint density at radius 2 is 1.96 bits per heavy atom. The minimum atomic E-state index is 0.143. The average molecular weight is 406 g/mol. The summed E-state index contributed by atoms with van der Waals surface area (Å²) in [5, 5.41) is 9.37. The topological polar surface area (TPSA) is 65.2 Å². The van der Waals surface area contributed by atoms with Crippen LogP contribution in [0.3, 0.4) is 0 Å². The van der Waals surface area contributed by atoms with Gasteiger partial charge < -0.3 is 14.2 Å². The first-order valence-corrected chi connectivity index (χ1v) is 10.9. The van der Waals surface area contributed by atoms with Gasteiger partial charge in [-0.2, -0.15) is 0 Å². The summed E-state index contributed by atoms with van der Waals surface area (Å²) in [6.45, 7) is 12.6. The van der Waals surface area contributed by atoms with E-state index < -0.39 is 0 Å². The molecule has 0 N–H and O–H groups in total. The Morgan fingerprint density at radius 3 is 2.64 bits per heavy atom. The molecule has 1 aliphatic rings. The van der Waals surface area contributed by atoms with Gasteiger partial charge in [-0.15, -0.1) is 10.2 Å². The van der Waals surface area contributed by atoms with Gasteiger partial charge in [-0.3, -0.25) is 9.36 Å². The molecule has 0 amide bonds. The fourth-order valence-electron chi connectivity index (χ4n) is 3.49. The second kappa shape index (κ2) is 9.13. The van der Waals surface area contributed by atoms with Crippen molar-refractivity contribution in [1.29, 1.82) is 0 Å². The summed E-state index contributed by atoms with van der Waals surface area (Å²) in [7, 11) is 1.95. The smallest absolute Gasteiger partial charge is 0.227 e. The monoisotopic (exact) mass is 405 g/mol. The van der Waals surface area contributed by atoms with E-state index in [-0.39, 0.29) is 5.78 Å². The Morgan fingerprint density at radius 1 is 1.25 bits per heavy atom. The molecule has 2 aromatic rings. The summed E-state index contributed by atoms with van der Waals surface area (Å²) in [5.74, 6) is 1.99. The molecule has 7 nitrogen and oxygen atoms in total. The lowest BCUT2D eigenvalue weighted by atomic mass is 10.1. The molecule has 8 heteroatoms. The minimum absolute atomic E-state index is 0.143. The molecule has 0 saturated carbocycles. The molecule has 3 rings (SSSR count). The van der Waals surface area contributed by atoms with Crippen LogP contribution in [0, 0.1) is 19.8 Å². The molecular formula is C20H31N5O2S. The number of carbonyl (C=O) groups excluding carboxylic acids is 1. The highest BCUT2D eigenvalue weighted by Crippen LogP contribution is 2.24. The molecule has 154 valence electrons. The second-order valence-corrected chi connectivity index (χ2v) is 8.71. The van der Waals surface area contributed by atoms with Crippen molar-refractivity contribution >= 4 is 23.5 Å². The number of Topliss-reactive ketones (excluding diaryl/α,β-unsaturated/α-hetero) is 1. The maximum Gasteiger partial charge on any atom is 0.227 e. The van der Waals surface area contributed by atoms with Crippen LogP contribution in [-0.2, 0) is 18.3 Å². The quantitative estimate of drug-likeness (QED) is 0.497. The summed E-state index contributed by atoms with van der Waals surface area (Å²) >= 11 is 1.45. The number of carbonyl (C=O) groups is 1. The first kappa shape index (κ1) is 20.9. The predicted molar refractivity (Wildman–Crippen MR) is 112 cm³/mol. The lowest BCUT2D eigenvalue weighted by Crippen LogP contribution is -2.37. The molecule has 28 heavy (non-hydrogen) atoms. The summed E-state index contributed by atoms with van der Waals surface area (Å²) in [5.41, 5.74) is 3.04. The van der Waals surface area contributed by atoms with Crippen LogP contribution in [0.5, 0.6) is 0 Å². The Hall–Kier alpha value is -1.80. The van der Waals surface area contributed by atoms with Gasteiger partial charge in [0.1, 0.15) is 0 Å². The van der Waals surface area contributed by atoms with Crippen LogP contribution in [0.1, 0.15) is 42.0 Å². The predicted octanol–water partition coefficient (Wildman–Crippen LogP) is 3.09. The second-order valence-electron chi connectivity index (χ2n) is 7.77. The molecule has 1 aliphatic heterocycles. The van der Waals surface area contributed by atoms with Crippen LogP contribution < -0.4 is 4.90 Å². The maximum atomic E-state index is 12.8. The van der Waals surface area contributed by atoms with Crippen molar-refractivity contribution in [2.45, 2.75) is 45.8 Å². The highest BCUT2D eigenvalue weighted by Gasteiger charge is 2.20. The molecule has 0 atom stereocenters. The van der Waals surface area contributed by atoms with Crippen molar-refractivity contribution in [1.82, 2.24) is 19.3 Å². The van der Waals surface area contributed by atoms with Crippen LogP contribution in [0.25, 0.3) is 0 Å². The number of nitrogens with zero attached hydrogens (tertiary/aromatic N) is 5. The van der Waals surface area contributed by atoms with Gasteiger partial charge in [0.05, 0.1) is 19.0 Å². The van der Waals surface area contributed by atoms with E-state index >= 15 is 0 Å². The molecular weight excluding hydrogens is 374 g/mol. The lowest BCUT2D eigenvalue weighted by molar-refractivity contribution is 0.102. The molecule has 3 heterocycles. The van der Waals surface area contributed by atoms with Crippen LogP contribution in [0.2, 0.25) is 0 Å². The highest BCUT2D eigenvalue weighted by atomic mass is 32.2.